The van der Waals surface area contributed by atoms with Gasteiger partial charge in [0.05, 0.1) is 6.54 Å². The Kier molecular flexibility index (Phi) is 3.85. The summed E-state index contributed by atoms with van der Waals surface area (Å²) in [5, 5.41) is 3.64. The molecule has 1 saturated heterocycles. The molecule has 1 aromatic heterocycles. The number of benzene rings is 1. The molecule has 106 valence electrons. The van der Waals surface area contributed by atoms with Crippen LogP contribution in [-0.4, -0.2) is 33.6 Å². The fourth-order valence-corrected chi connectivity index (χ4v) is 2.78. The number of aryl methyl sites for hydroxylation is 1. The van der Waals surface area contributed by atoms with Crippen molar-refractivity contribution in [2.75, 3.05) is 13.1 Å². The maximum atomic E-state index is 4.44. The first-order chi connectivity index (χ1) is 9.74. The second-order valence-electron chi connectivity index (χ2n) is 5.60. The highest BCUT2D eigenvalue weighted by molar-refractivity contribution is 5.20. The summed E-state index contributed by atoms with van der Waals surface area (Å²) in [5.74, 6) is 1.13. The van der Waals surface area contributed by atoms with Gasteiger partial charge >= 0.3 is 0 Å². The predicted octanol–water partition coefficient (Wildman–Crippen LogP) is 1.96. The zero-order valence-corrected chi connectivity index (χ0v) is 12.2. The number of piperazine rings is 1. The standard InChI is InChI=1S/C16H22N4/c1-13-10-18-15(14-6-4-3-5-7-14)11-20(13)12-16-17-8-9-19(16)2/h3-9,13,15,18H,10-12H2,1-2H3. The average molecular weight is 270 g/mol. The summed E-state index contributed by atoms with van der Waals surface area (Å²) in [5.41, 5.74) is 1.37. The van der Waals surface area contributed by atoms with Crippen LogP contribution >= 0.6 is 0 Å². The number of hydrogen-bond acceptors (Lipinski definition) is 3. The molecule has 2 heterocycles. The third-order valence-corrected chi connectivity index (χ3v) is 4.17. The van der Waals surface area contributed by atoms with Gasteiger partial charge in [0, 0.05) is 44.6 Å². The van der Waals surface area contributed by atoms with Gasteiger partial charge in [0.25, 0.3) is 0 Å². The lowest BCUT2D eigenvalue weighted by atomic mass is 10.0. The van der Waals surface area contributed by atoms with Crippen molar-refractivity contribution >= 4 is 0 Å². The van der Waals surface area contributed by atoms with Crippen molar-refractivity contribution in [3.8, 4) is 0 Å². The lowest BCUT2D eigenvalue weighted by Gasteiger charge is -2.38. The van der Waals surface area contributed by atoms with Crippen molar-refractivity contribution in [3.63, 3.8) is 0 Å². The molecule has 1 aliphatic rings. The molecule has 0 radical (unpaired) electrons. The lowest BCUT2D eigenvalue weighted by molar-refractivity contribution is 0.129. The Morgan fingerprint density at radius 2 is 2.10 bits per heavy atom. The van der Waals surface area contributed by atoms with Crippen LogP contribution in [0.1, 0.15) is 24.4 Å². The summed E-state index contributed by atoms with van der Waals surface area (Å²) in [6.07, 6.45) is 3.88. The second kappa shape index (κ2) is 5.77. The van der Waals surface area contributed by atoms with Crippen LogP contribution in [0.5, 0.6) is 0 Å². The highest BCUT2D eigenvalue weighted by Crippen LogP contribution is 2.21. The van der Waals surface area contributed by atoms with Gasteiger partial charge < -0.3 is 9.88 Å². The smallest absolute Gasteiger partial charge is 0.122 e. The zero-order valence-electron chi connectivity index (χ0n) is 12.2. The van der Waals surface area contributed by atoms with E-state index in [4.69, 9.17) is 0 Å². The van der Waals surface area contributed by atoms with Gasteiger partial charge in [-0.3, -0.25) is 4.90 Å². The molecule has 0 amide bonds. The molecule has 0 bridgehead atoms. The first-order valence-electron chi connectivity index (χ1n) is 7.22. The molecule has 2 aromatic rings. The van der Waals surface area contributed by atoms with Gasteiger partial charge in [0.1, 0.15) is 5.82 Å². The summed E-state index contributed by atoms with van der Waals surface area (Å²) >= 11 is 0. The average Bonchev–Trinajstić information content (AvgIpc) is 2.88. The van der Waals surface area contributed by atoms with E-state index in [1.165, 1.54) is 5.56 Å². The van der Waals surface area contributed by atoms with Gasteiger partial charge in [-0.25, -0.2) is 4.98 Å². The van der Waals surface area contributed by atoms with Crippen LogP contribution in [-0.2, 0) is 13.6 Å². The van der Waals surface area contributed by atoms with Gasteiger partial charge in [-0.15, -0.1) is 0 Å². The highest BCUT2D eigenvalue weighted by atomic mass is 15.2. The van der Waals surface area contributed by atoms with Crippen molar-refractivity contribution in [1.29, 1.82) is 0 Å². The van der Waals surface area contributed by atoms with Crippen LogP contribution in [0.25, 0.3) is 0 Å². The largest absolute Gasteiger partial charge is 0.337 e. The number of imidazole rings is 1. The van der Waals surface area contributed by atoms with Crippen molar-refractivity contribution in [2.24, 2.45) is 7.05 Å². The number of nitrogens with zero attached hydrogens (tertiary/aromatic N) is 3. The molecule has 4 nitrogen and oxygen atoms in total. The number of nitrogens with one attached hydrogen (secondary N) is 1. The van der Waals surface area contributed by atoms with E-state index in [9.17, 15) is 0 Å². The van der Waals surface area contributed by atoms with Gasteiger partial charge in [-0.05, 0) is 12.5 Å². The van der Waals surface area contributed by atoms with E-state index in [1.54, 1.807) is 0 Å². The Morgan fingerprint density at radius 1 is 1.30 bits per heavy atom. The molecule has 4 heteroatoms. The maximum absolute atomic E-state index is 4.44. The molecule has 0 aliphatic carbocycles. The molecule has 2 atom stereocenters. The topological polar surface area (TPSA) is 33.1 Å². The van der Waals surface area contributed by atoms with Crippen LogP contribution in [0, 0.1) is 0 Å². The molecule has 0 saturated carbocycles. The SMILES string of the molecule is CC1CNC(c2ccccc2)CN1Cc1nccn1C. The van der Waals surface area contributed by atoms with Crippen molar-refractivity contribution < 1.29 is 0 Å². The second-order valence-corrected chi connectivity index (χ2v) is 5.60. The molecule has 3 rings (SSSR count). The molecule has 1 N–H and O–H groups in total. The lowest BCUT2D eigenvalue weighted by Crippen LogP contribution is -2.51. The van der Waals surface area contributed by atoms with Gasteiger partial charge in [-0.1, -0.05) is 30.3 Å². The van der Waals surface area contributed by atoms with Crippen LogP contribution in [0.3, 0.4) is 0 Å². The van der Waals surface area contributed by atoms with E-state index in [0.717, 1.165) is 25.5 Å². The minimum Gasteiger partial charge on any atom is -0.337 e. The number of aromatic nitrogens is 2. The van der Waals surface area contributed by atoms with Crippen LogP contribution in [0.15, 0.2) is 42.7 Å². The maximum Gasteiger partial charge on any atom is 0.122 e. The molecule has 1 fully saturated rings. The Morgan fingerprint density at radius 3 is 2.80 bits per heavy atom. The first kappa shape index (κ1) is 13.3. The van der Waals surface area contributed by atoms with E-state index < -0.39 is 0 Å². The highest BCUT2D eigenvalue weighted by Gasteiger charge is 2.26. The summed E-state index contributed by atoms with van der Waals surface area (Å²) < 4.78 is 2.10. The Bertz CT molecular complexity index is 549. The molecule has 20 heavy (non-hydrogen) atoms. The summed E-state index contributed by atoms with van der Waals surface area (Å²) in [7, 11) is 2.06. The van der Waals surface area contributed by atoms with Crippen LogP contribution in [0.4, 0.5) is 0 Å². The van der Waals surface area contributed by atoms with E-state index in [1.807, 2.05) is 12.4 Å². The Labute approximate surface area is 120 Å². The molecule has 0 spiro atoms. The Hall–Kier alpha value is -1.65. The van der Waals surface area contributed by atoms with E-state index >= 15 is 0 Å². The van der Waals surface area contributed by atoms with E-state index in [0.29, 0.717) is 12.1 Å². The minimum atomic E-state index is 0.410. The van der Waals surface area contributed by atoms with Gasteiger partial charge in [0.2, 0.25) is 0 Å². The van der Waals surface area contributed by atoms with E-state index in [2.05, 4.69) is 64.1 Å². The minimum absolute atomic E-state index is 0.410. The fourth-order valence-electron chi connectivity index (χ4n) is 2.78. The summed E-state index contributed by atoms with van der Waals surface area (Å²) in [6.45, 7) is 5.23. The predicted molar refractivity (Wildman–Crippen MR) is 80.3 cm³/mol. The third kappa shape index (κ3) is 2.76. The van der Waals surface area contributed by atoms with Crippen LogP contribution < -0.4 is 5.32 Å². The van der Waals surface area contributed by atoms with Crippen molar-refractivity contribution in [1.82, 2.24) is 19.8 Å². The Balaban J connectivity index is 1.72. The van der Waals surface area contributed by atoms with Gasteiger partial charge in [0.15, 0.2) is 0 Å². The summed E-state index contributed by atoms with van der Waals surface area (Å²) in [6, 6.07) is 11.6. The van der Waals surface area contributed by atoms with Crippen LogP contribution in [0.2, 0.25) is 0 Å². The first-order valence-corrected chi connectivity index (χ1v) is 7.22. The van der Waals surface area contributed by atoms with Crippen molar-refractivity contribution in [3.05, 3.63) is 54.1 Å². The zero-order chi connectivity index (χ0) is 13.9. The van der Waals surface area contributed by atoms with Crippen molar-refractivity contribution in [2.45, 2.75) is 25.6 Å². The summed E-state index contributed by atoms with van der Waals surface area (Å²) in [4.78, 5) is 6.95. The van der Waals surface area contributed by atoms with E-state index in [-0.39, 0.29) is 0 Å². The monoisotopic (exact) mass is 270 g/mol. The number of hydrogen-bond donors (Lipinski definition) is 1. The molecular weight excluding hydrogens is 248 g/mol. The molecule has 1 aliphatic heterocycles. The van der Waals surface area contributed by atoms with Gasteiger partial charge in [-0.2, -0.15) is 0 Å². The third-order valence-electron chi connectivity index (χ3n) is 4.17. The molecule has 1 aromatic carbocycles. The fraction of sp³-hybridized carbons (Fsp3) is 0.438. The number of rotatable bonds is 3. The normalized spacial score (nSPS) is 23.9. The quantitative estimate of drug-likeness (QED) is 0.925. The molecule has 2 unspecified atom stereocenters. The molecular formula is C16H22N4.